The van der Waals surface area contributed by atoms with Gasteiger partial charge in [0, 0.05) is 26.0 Å². The van der Waals surface area contributed by atoms with E-state index in [1.807, 2.05) is 30.4 Å². The van der Waals surface area contributed by atoms with E-state index < -0.39 is 0 Å². The molecule has 126 valence electrons. The molecule has 0 aliphatic rings. The lowest BCUT2D eigenvalue weighted by Crippen LogP contribution is -2.26. The van der Waals surface area contributed by atoms with Crippen molar-refractivity contribution < 1.29 is 4.79 Å². The van der Waals surface area contributed by atoms with E-state index in [0.29, 0.717) is 11.0 Å². The molecule has 0 aliphatic heterocycles. The minimum Gasteiger partial charge on any atom is -0.343 e. The van der Waals surface area contributed by atoms with Crippen LogP contribution in [0.15, 0.2) is 23.3 Å². The first-order chi connectivity index (χ1) is 11.2. The number of aryl methyl sites for hydroxylation is 2. The Balaban J connectivity index is 2.57. The number of carbonyl (C=O) groups excluding carboxylic acids is 1. The zero-order valence-corrected chi connectivity index (χ0v) is 15.9. The zero-order valence-electron chi connectivity index (χ0n) is 14.3. The Kier molecular flexibility index (Phi) is 3.99. The largest absolute Gasteiger partial charge is 0.343 e. The first-order valence-electron chi connectivity index (χ1n) is 7.60. The number of imidazole rings is 1. The molecule has 3 aromatic rings. The number of benzene rings is 1. The van der Waals surface area contributed by atoms with Crippen LogP contribution in [0, 0.1) is 6.92 Å². The summed E-state index contributed by atoms with van der Waals surface area (Å²) in [6.45, 7) is 3.98. The van der Waals surface area contributed by atoms with Gasteiger partial charge >= 0.3 is 0 Å². The van der Waals surface area contributed by atoms with Gasteiger partial charge in [-0.25, -0.2) is 4.98 Å². The normalized spacial score (nSPS) is 12.8. The maximum absolute atomic E-state index is 12.9. The summed E-state index contributed by atoms with van der Waals surface area (Å²) >= 11 is 3.61. The number of hydrogen-bond acceptors (Lipinski definition) is 3. The van der Waals surface area contributed by atoms with Crippen molar-refractivity contribution in [3.05, 3.63) is 45.6 Å². The molecule has 1 amide bonds. The molecule has 0 N–H and O–H groups in total. The molecule has 1 atom stereocenters. The lowest BCUT2D eigenvalue weighted by Gasteiger charge is -2.15. The van der Waals surface area contributed by atoms with Crippen molar-refractivity contribution in [2.45, 2.75) is 18.7 Å². The number of rotatable bonds is 2. The zero-order chi connectivity index (χ0) is 17.8. The van der Waals surface area contributed by atoms with Crippen LogP contribution in [-0.2, 0) is 7.05 Å². The van der Waals surface area contributed by atoms with Gasteiger partial charge < -0.3 is 4.90 Å². The van der Waals surface area contributed by atoms with Crippen LogP contribution in [0.4, 0.5) is 0 Å². The van der Waals surface area contributed by atoms with Crippen molar-refractivity contribution in [3.8, 4) is 0 Å². The Morgan fingerprint density at radius 2 is 2.00 bits per heavy atom. The Morgan fingerprint density at radius 1 is 1.33 bits per heavy atom. The second-order valence-corrected chi connectivity index (χ2v) is 7.59. The molecule has 0 spiro atoms. The SMILES string of the molecule is Cc1cc(C(C)Br)c2c(c1)c(=O)n(C)c1c(C(=O)N(C)C)ncn21. The molecule has 7 heteroatoms. The summed E-state index contributed by atoms with van der Waals surface area (Å²) in [5.41, 5.74) is 3.44. The third-order valence-electron chi connectivity index (χ3n) is 4.16. The molecule has 24 heavy (non-hydrogen) atoms. The van der Waals surface area contributed by atoms with Gasteiger partial charge in [-0.3, -0.25) is 18.6 Å². The van der Waals surface area contributed by atoms with Gasteiger partial charge in [0.25, 0.3) is 11.5 Å². The summed E-state index contributed by atoms with van der Waals surface area (Å²) in [6, 6.07) is 3.93. The fourth-order valence-electron chi connectivity index (χ4n) is 3.01. The molecule has 0 bridgehead atoms. The van der Waals surface area contributed by atoms with Gasteiger partial charge in [0.15, 0.2) is 11.3 Å². The minimum absolute atomic E-state index is 0.0607. The fraction of sp³-hybridized carbons (Fsp3) is 0.353. The smallest absolute Gasteiger partial charge is 0.275 e. The van der Waals surface area contributed by atoms with Gasteiger partial charge in [0.05, 0.1) is 10.9 Å². The van der Waals surface area contributed by atoms with Crippen LogP contribution in [0.5, 0.6) is 0 Å². The van der Waals surface area contributed by atoms with E-state index in [1.165, 1.54) is 9.47 Å². The van der Waals surface area contributed by atoms with Crippen molar-refractivity contribution in [2.24, 2.45) is 7.05 Å². The fourth-order valence-corrected chi connectivity index (χ4v) is 3.36. The summed E-state index contributed by atoms with van der Waals surface area (Å²) in [5, 5.41) is 0.618. The third kappa shape index (κ3) is 2.34. The van der Waals surface area contributed by atoms with E-state index in [0.717, 1.165) is 16.6 Å². The van der Waals surface area contributed by atoms with Gasteiger partial charge in [-0.15, -0.1) is 0 Å². The molecule has 2 aromatic heterocycles. The molecule has 0 saturated heterocycles. The average Bonchev–Trinajstić information content (AvgIpc) is 2.95. The lowest BCUT2D eigenvalue weighted by atomic mass is 10.0. The summed E-state index contributed by atoms with van der Waals surface area (Å²) in [6.07, 6.45) is 1.61. The van der Waals surface area contributed by atoms with Crippen LogP contribution in [0.1, 0.15) is 33.4 Å². The summed E-state index contributed by atoms with van der Waals surface area (Å²) in [7, 11) is 5.01. The van der Waals surface area contributed by atoms with E-state index in [-0.39, 0.29) is 22.0 Å². The molecule has 6 nitrogen and oxygen atoms in total. The highest BCUT2D eigenvalue weighted by atomic mass is 79.9. The number of fused-ring (bicyclic) bond motifs is 3. The number of hydrogen-bond donors (Lipinski definition) is 0. The Labute approximate surface area is 147 Å². The van der Waals surface area contributed by atoms with Crippen molar-refractivity contribution in [1.82, 2.24) is 18.9 Å². The monoisotopic (exact) mass is 390 g/mol. The maximum atomic E-state index is 12.9. The van der Waals surface area contributed by atoms with Crippen LogP contribution in [0.3, 0.4) is 0 Å². The molecular weight excluding hydrogens is 372 g/mol. The summed E-state index contributed by atoms with van der Waals surface area (Å²) in [5.74, 6) is -0.229. The van der Waals surface area contributed by atoms with Crippen LogP contribution >= 0.6 is 15.9 Å². The molecule has 2 heterocycles. The first-order valence-corrected chi connectivity index (χ1v) is 8.51. The van der Waals surface area contributed by atoms with Crippen molar-refractivity contribution in [3.63, 3.8) is 0 Å². The van der Waals surface area contributed by atoms with Crippen LogP contribution in [-0.4, -0.2) is 38.9 Å². The van der Waals surface area contributed by atoms with Crippen LogP contribution in [0.2, 0.25) is 0 Å². The number of carbonyl (C=O) groups is 1. The second-order valence-electron chi connectivity index (χ2n) is 6.22. The van der Waals surface area contributed by atoms with Crippen molar-refractivity contribution in [1.29, 1.82) is 0 Å². The van der Waals surface area contributed by atoms with E-state index in [2.05, 4.69) is 20.9 Å². The molecule has 1 unspecified atom stereocenters. The predicted molar refractivity (Wildman–Crippen MR) is 98.0 cm³/mol. The highest BCUT2D eigenvalue weighted by molar-refractivity contribution is 9.09. The summed E-state index contributed by atoms with van der Waals surface area (Å²) in [4.78, 5) is 31.1. The predicted octanol–water partition coefficient (Wildman–Crippen LogP) is 2.65. The Bertz CT molecular complexity index is 1030. The van der Waals surface area contributed by atoms with Gasteiger partial charge in [0.2, 0.25) is 0 Å². The standard InChI is InChI=1S/C17H19BrN4O2/c1-9-6-11(10(2)18)14-12(7-9)16(23)21(5)15-13(17(24)20(3)4)19-8-22(14)15/h6-8,10H,1-5H3. The van der Waals surface area contributed by atoms with Gasteiger partial charge in [-0.05, 0) is 31.0 Å². The number of halogens is 1. The molecular formula is C17H19BrN4O2. The average molecular weight is 391 g/mol. The van der Waals surface area contributed by atoms with E-state index >= 15 is 0 Å². The van der Waals surface area contributed by atoms with Crippen molar-refractivity contribution in [2.75, 3.05) is 14.1 Å². The highest BCUT2D eigenvalue weighted by Crippen LogP contribution is 2.30. The summed E-state index contributed by atoms with van der Waals surface area (Å²) < 4.78 is 3.33. The maximum Gasteiger partial charge on any atom is 0.275 e. The number of alkyl halides is 1. The molecule has 0 radical (unpaired) electrons. The van der Waals surface area contributed by atoms with Gasteiger partial charge in [0.1, 0.15) is 6.33 Å². The van der Waals surface area contributed by atoms with Crippen LogP contribution < -0.4 is 5.56 Å². The number of aromatic nitrogens is 3. The number of nitrogens with zero attached hydrogens (tertiary/aromatic N) is 4. The molecule has 0 aliphatic carbocycles. The topological polar surface area (TPSA) is 59.6 Å². The molecule has 0 saturated carbocycles. The quantitative estimate of drug-likeness (QED) is 0.631. The Morgan fingerprint density at radius 3 is 2.58 bits per heavy atom. The van der Waals surface area contributed by atoms with Crippen LogP contribution in [0.25, 0.3) is 16.6 Å². The van der Waals surface area contributed by atoms with Gasteiger partial charge in [-0.2, -0.15) is 0 Å². The van der Waals surface area contributed by atoms with Gasteiger partial charge in [-0.1, -0.05) is 22.0 Å². The van der Waals surface area contributed by atoms with E-state index in [9.17, 15) is 9.59 Å². The third-order valence-corrected chi connectivity index (χ3v) is 4.65. The minimum atomic E-state index is -0.229. The lowest BCUT2D eigenvalue weighted by molar-refractivity contribution is 0.0824. The van der Waals surface area contributed by atoms with E-state index in [4.69, 9.17) is 0 Å². The van der Waals surface area contributed by atoms with E-state index in [1.54, 1.807) is 27.5 Å². The second kappa shape index (κ2) is 5.73. The molecule has 1 aromatic carbocycles. The molecule has 0 fully saturated rings. The van der Waals surface area contributed by atoms with Crippen molar-refractivity contribution >= 4 is 38.4 Å². The Hall–Kier alpha value is -2.15. The molecule has 3 rings (SSSR count). The number of amides is 1. The highest BCUT2D eigenvalue weighted by Gasteiger charge is 2.22. The first kappa shape index (κ1) is 16.7.